The van der Waals surface area contributed by atoms with Crippen molar-refractivity contribution in [2.45, 2.75) is 32.7 Å². The van der Waals surface area contributed by atoms with Gasteiger partial charge in [-0.05, 0) is 50.0 Å². The molecule has 1 aromatic rings. The van der Waals surface area contributed by atoms with Gasteiger partial charge >= 0.3 is 0 Å². The molecule has 0 bridgehead atoms. The second kappa shape index (κ2) is 5.05. The van der Waals surface area contributed by atoms with E-state index in [1.807, 2.05) is 14.1 Å². The Morgan fingerprint density at radius 1 is 1.47 bits per heavy atom. The molecular weight excluding hydrogens is 210 g/mol. The Hall–Kier alpha value is -1.09. The first kappa shape index (κ1) is 12.4. The molecule has 0 aromatic carbocycles. The van der Waals surface area contributed by atoms with Crippen molar-refractivity contribution in [2.75, 3.05) is 32.1 Å². The van der Waals surface area contributed by atoms with Gasteiger partial charge in [0, 0.05) is 26.3 Å². The molecule has 2 heterocycles. The Morgan fingerprint density at radius 2 is 2.24 bits per heavy atom. The maximum absolute atomic E-state index is 4.59. The Balaban J connectivity index is 2.25. The molecule has 2 rings (SSSR count). The van der Waals surface area contributed by atoms with Crippen LogP contribution in [0.25, 0.3) is 0 Å². The minimum atomic E-state index is 0.586. The smallest absolute Gasteiger partial charge is 0.130 e. The van der Waals surface area contributed by atoms with E-state index in [1.165, 1.54) is 30.5 Å². The van der Waals surface area contributed by atoms with Crippen molar-refractivity contribution < 1.29 is 0 Å². The van der Waals surface area contributed by atoms with E-state index in [9.17, 15) is 0 Å². The Labute approximate surface area is 104 Å². The second-order valence-electron chi connectivity index (χ2n) is 5.09. The molecule has 1 atom stereocenters. The molecule has 0 aliphatic carbocycles. The van der Waals surface area contributed by atoms with Gasteiger partial charge in [-0.3, -0.25) is 4.90 Å². The largest absolute Gasteiger partial charge is 0.363 e. The van der Waals surface area contributed by atoms with E-state index in [1.54, 1.807) is 0 Å². The van der Waals surface area contributed by atoms with E-state index in [4.69, 9.17) is 0 Å². The van der Waals surface area contributed by atoms with Crippen LogP contribution in [0.15, 0.2) is 12.3 Å². The fraction of sp³-hybridized carbons (Fsp3) is 0.643. The van der Waals surface area contributed by atoms with Gasteiger partial charge in [0.2, 0.25) is 0 Å². The molecule has 3 heteroatoms. The van der Waals surface area contributed by atoms with Crippen LogP contribution in [-0.2, 0) is 0 Å². The highest BCUT2D eigenvalue weighted by molar-refractivity contribution is 5.46. The van der Waals surface area contributed by atoms with Gasteiger partial charge in [-0.15, -0.1) is 0 Å². The van der Waals surface area contributed by atoms with Crippen molar-refractivity contribution in [2.24, 2.45) is 0 Å². The highest BCUT2D eigenvalue weighted by Gasteiger charge is 2.25. The van der Waals surface area contributed by atoms with E-state index in [0.717, 1.165) is 12.4 Å². The van der Waals surface area contributed by atoms with Gasteiger partial charge in [0.25, 0.3) is 0 Å². The summed E-state index contributed by atoms with van der Waals surface area (Å²) in [5.41, 5.74) is 2.66. The van der Waals surface area contributed by atoms with Gasteiger partial charge in [0.1, 0.15) is 5.82 Å². The number of anilines is 1. The zero-order valence-electron chi connectivity index (χ0n) is 11.4. The van der Waals surface area contributed by atoms with Crippen LogP contribution in [0.1, 0.15) is 36.9 Å². The van der Waals surface area contributed by atoms with E-state index < -0.39 is 0 Å². The van der Waals surface area contributed by atoms with Crippen LogP contribution in [0.3, 0.4) is 0 Å². The molecule has 1 fully saturated rings. The lowest BCUT2D eigenvalue weighted by Crippen LogP contribution is -2.23. The molecule has 17 heavy (non-hydrogen) atoms. The molecule has 0 saturated carbocycles. The predicted molar refractivity (Wildman–Crippen MR) is 72.5 cm³/mol. The molecule has 1 aliphatic heterocycles. The van der Waals surface area contributed by atoms with E-state index >= 15 is 0 Å². The summed E-state index contributed by atoms with van der Waals surface area (Å²) in [5.74, 6) is 1.08. The van der Waals surface area contributed by atoms with Crippen molar-refractivity contribution in [3.05, 3.63) is 23.4 Å². The molecule has 0 unspecified atom stereocenters. The van der Waals surface area contributed by atoms with Crippen molar-refractivity contribution >= 4 is 5.82 Å². The monoisotopic (exact) mass is 233 g/mol. The zero-order valence-corrected chi connectivity index (χ0v) is 11.4. The minimum absolute atomic E-state index is 0.586. The standard InChI is InChI=1S/C14H23N3/c1-5-17-8-6-7-13(17)12-9-11(2)14(15-10-12)16(3)4/h9-10,13H,5-8H2,1-4H3/t13-/m1/s1. The first-order chi connectivity index (χ1) is 8.13. The molecule has 1 aliphatic rings. The van der Waals surface area contributed by atoms with Crippen molar-refractivity contribution in [3.63, 3.8) is 0 Å². The summed E-state index contributed by atoms with van der Waals surface area (Å²) >= 11 is 0. The summed E-state index contributed by atoms with van der Waals surface area (Å²) in [6.45, 7) is 6.76. The molecule has 94 valence electrons. The van der Waals surface area contributed by atoms with Crippen LogP contribution in [0, 0.1) is 6.92 Å². The Morgan fingerprint density at radius 3 is 2.82 bits per heavy atom. The summed E-state index contributed by atoms with van der Waals surface area (Å²) < 4.78 is 0. The van der Waals surface area contributed by atoms with Crippen molar-refractivity contribution in [1.82, 2.24) is 9.88 Å². The first-order valence-corrected chi connectivity index (χ1v) is 6.51. The number of likely N-dealkylation sites (tertiary alicyclic amines) is 1. The SMILES string of the molecule is CCN1CCC[C@@H]1c1cnc(N(C)C)c(C)c1. The van der Waals surface area contributed by atoms with E-state index in [-0.39, 0.29) is 0 Å². The average molecular weight is 233 g/mol. The molecule has 3 nitrogen and oxygen atoms in total. The van der Waals surface area contributed by atoms with Gasteiger partial charge in [-0.1, -0.05) is 6.92 Å². The van der Waals surface area contributed by atoms with Gasteiger partial charge in [0.15, 0.2) is 0 Å². The van der Waals surface area contributed by atoms with Crippen LogP contribution >= 0.6 is 0 Å². The van der Waals surface area contributed by atoms with Crippen LogP contribution in [0.4, 0.5) is 5.82 Å². The van der Waals surface area contributed by atoms with Crippen LogP contribution in [0.2, 0.25) is 0 Å². The summed E-state index contributed by atoms with van der Waals surface area (Å²) in [6, 6.07) is 2.89. The molecule has 1 aromatic heterocycles. The maximum Gasteiger partial charge on any atom is 0.130 e. The molecule has 0 spiro atoms. The summed E-state index contributed by atoms with van der Waals surface area (Å²) in [4.78, 5) is 9.21. The minimum Gasteiger partial charge on any atom is -0.363 e. The third-order valence-electron chi connectivity index (χ3n) is 3.65. The highest BCUT2D eigenvalue weighted by atomic mass is 15.2. The van der Waals surface area contributed by atoms with Crippen molar-refractivity contribution in [1.29, 1.82) is 0 Å². The Bertz CT molecular complexity index is 387. The van der Waals surface area contributed by atoms with Gasteiger partial charge in [0.05, 0.1) is 0 Å². The van der Waals surface area contributed by atoms with Gasteiger partial charge in [-0.25, -0.2) is 4.98 Å². The van der Waals surface area contributed by atoms with Crippen LogP contribution in [0.5, 0.6) is 0 Å². The van der Waals surface area contributed by atoms with E-state index in [2.05, 4.69) is 40.9 Å². The quantitative estimate of drug-likeness (QED) is 0.800. The van der Waals surface area contributed by atoms with Gasteiger partial charge in [-0.2, -0.15) is 0 Å². The average Bonchev–Trinajstić information content (AvgIpc) is 2.76. The topological polar surface area (TPSA) is 19.4 Å². The van der Waals surface area contributed by atoms with Crippen LogP contribution in [-0.4, -0.2) is 37.1 Å². The fourth-order valence-electron chi connectivity index (χ4n) is 2.82. The summed E-state index contributed by atoms with van der Waals surface area (Å²) in [5, 5.41) is 0. The summed E-state index contributed by atoms with van der Waals surface area (Å²) in [7, 11) is 4.09. The zero-order chi connectivity index (χ0) is 12.4. The highest BCUT2D eigenvalue weighted by Crippen LogP contribution is 2.32. The lowest BCUT2D eigenvalue weighted by atomic mass is 10.0. The van der Waals surface area contributed by atoms with E-state index in [0.29, 0.717) is 6.04 Å². The van der Waals surface area contributed by atoms with Crippen LogP contribution < -0.4 is 4.90 Å². The number of aryl methyl sites for hydroxylation is 1. The predicted octanol–water partition coefficient (Wildman–Crippen LogP) is 2.61. The maximum atomic E-state index is 4.59. The van der Waals surface area contributed by atoms with Gasteiger partial charge < -0.3 is 4.90 Å². The molecular formula is C14H23N3. The number of hydrogen-bond acceptors (Lipinski definition) is 3. The number of hydrogen-bond donors (Lipinski definition) is 0. The normalized spacial score (nSPS) is 20.8. The third kappa shape index (κ3) is 2.44. The lowest BCUT2D eigenvalue weighted by Gasteiger charge is -2.24. The first-order valence-electron chi connectivity index (χ1n) is 6.51. The number of rotatable bonds is 3. The van der Waals surface area contributed by atoms with Crippen molar-refractivity contribution in [3.8, 4) is 0 Å². The summed E-state index contributed by atoms with van der Waals surface area (Å²) in [6.07, 6.45) is 4.64. The Kier molecular flexibility index (Phi) is 3.67. The number of pyridine rings is 1. The second-order valence-corrected chi connectivity index (χ2v) is 5.09. The molecule has 1 saturated heterocycles. The fourth-order valence-corrected chi connectivity index (χ4v) is 2.82. The molecule has 0 amide bonds. The lowest BCUT2D eigenvalue weighted by molar-refractivity contribution is 0.271. The third-order valence-corrected chi connectivity index (χ3v) is 3.65. The molecule has 0 N–H and O–H groups in total. The number of nitrogens with zero attached hydrogens (tertiary/aromatic N) is 3. The number of aromatic nitrogens is 1. The molecule has 0 radical (unpaired) electrons.